The highest BCUT2D eigenvalue weighted by Gasteiger charge is 2.33. The number of amides is 1. The molecule has 0 bridgehead atoms. The summed E-state index contributed by atoms with van der Waals surface area (Å²) in [6.45, 7) is 5.56. The van der Waals surface area contributed by atoms with E-state index in [0.717, 1.165) is 36.2 Å². The van der Waals surface area contributed by atoms with Crippen LogP contribution in [0.1, 0.15) is 35.7 Å². The van der Waals surface area contributed by atoms with Crippen LogP contribution in [0, 0.1) is 6.92 Å². The molecule has 1 amide bonds. The predicted octanol–water partition coefficient (Wildman–Crippen LogP) is 2.68. The third kappa shape index (κ3) is 2.96. The van der Waals surface area contributed by atoms with Crippen molar-refractivity contribution < 1.29 is 9.53 Å². The molecule has 1 heterocycles. The zero-order valence-corrected chi connectivity index (χ0v) is 12.8. The highest BCUT2D eigenvalue weighted by atomic mass is 16.5. The topological polar surface area (TPSA) is 41.6 Å². The molecule has 4 nitrogen and oxygen atoms in total. The van der Waals surface area contributed by atoms with Crippen molar-refractivity contribution in [1.82, 2.24) is 4.90 Å². The van der Waals surface area contributed by atoms with Crippen LogP contribution in [-0.4, -0.2) is 43.7 Å². The molecule has 1 unspecified atom stereocenters. The summed E-state index contributed by atoms with van der Waals surface area (Å²) in [6.07, 6.45) is 1.99. The number of aryl methyl sites for hydroxylation is 1. The summed E-state index contributed by atoms with van der Waals surface area (Å²) in [5.41, 5.74) is 2.68. The van der Waals surface area contributed by atoms with Crippen LogP contribution in [0.15, 0.2) is 18.2 Å². The van der Waals surface area contributed by atoms with E-state index in [2.05, 4.69) is 12.2 Å². The first kappa shape index (κ1) is 14.9. The van der Waals surface area contributed by atoms with E-state index in [4.69, 9.17) is 4.74 Å². The van der Waals surface area contributed by atoms with Crippen molar-refractivity contribution in [3.8, 4) is 0 Å². The van der Waals surface area contributed by atoms with E-state index in [-0.39, 0.29) is 11.5 Å². The second-order valence-electron chi connectivity index (χ2n) is 5.76. The van der Waals surface area contributed by atoms with Crippen molar-refractivity contribution in [2.24, 2.45) is 0 Å². The number of carbonyl (C=O) groups is 1. The Kier molecular flexibility index (Phi) is 4.33. The van der Waals surface area contributed by atoms with Gasteiger partial charge in [0.2, 0.25) is 0 Å². The van der Waals surface area contributed by atoms with Crippen molar-refractivity contribution >= 4 is 11.6 Å². The summed E-state index contributed by atoms with van der Waals surface area (Å²) < 4.78 is 5.55. The molecule has 1 fully saturated rings. The maximum absolute atomic E-state index is 12.6. The van der Waals surface area contributed by atoms with Crippen LogP contribution in [0.4, 0.5) is 5.69 Å². The van der Waals surface area contributed by atoms with Crippen LogP contribution in [0.2, 0.25) is 0 Å². The number of hydrogen-bond donors (Lipinski definition) is 1. The van der Waals surface area contributed by atoms with Crippen molar-refractivity contribution in [2.45, 2.75) is 32.3 Å². The molecule has 0 radical (unpaired) electrons. The van der Waals surface area contributed by atoms with Crippen LogP contribution < -0.4 is 5.32 Å². The molecular weight excluding hydrogens is 252 g/mol. The number of ether oxygens (including phenoxy) is 1. The van der Waals surface area contributed by atoms with E-state index in [9.17, 15) is 4.79 Å². The molecule has 20 heavy (non-hydrogen) atoms. The lowest BCUT2D eigenvalue weighted by molar-refractivity contribution is -0.0440. The number of hydrogen-bond acceptors (Lipinski definition) is 3. The number of likely N-dealkylation sites (tertiary alicyclic amines) is 1. The minimum atomic E-state index is -0.214. The summed E-state index contributed by atoms with van der Waals surface area (Å²) in [6, 6.07) is 5.80. The van der Waals surface area contributed by atoms with E-state index in [1.165, 1.54) is 0 Å². The molecule has 110 valence electrons. The molecular formula is C16H24N2O2. The highest BCUT2D eigenvalue weighted by Crippen LogP contribution is 2.25. The first-order valence-electron chi connectivity index (χ1n) is 7.12. The van der Waals surface area contributed by atoms with E-state index >= 15 is 0 Å². The molecule has 2 rings (SSSR count). The number of nitrogens with one attached hydrogen (secondary N) is 1. The lowest BCUT2D eigenvalue weighted by atomic mass is 9.94. The van der Waals surface area contributed by atoms with Gasteiger partial charge in [0, 0.05) is 38.5 Å². The summed E-state index contributed by atoms with van der Waals surface area (Å²) >= 11 is 0. The van der Waals surface area contributed by atoms with Gasteiger partial charge >= 0.3 is 0 Å². The van der Waals surface area contributed by atoms with Crippen LogP contribution in [-0.2, 0) is 4.74 Å². The first-order chi connectivity index (χ1) is 9.49. The fourth-order valence-corrected chi connectivity index (χ4v) is 2.81. The van der Waals surface area contributed by atoms with E-state index in [1.807, 2.05) is 37.1 Å². The van der Waals surface area contributed by atoms with Gasteiger partial charge in [-0.2, -0.15) is 0 Å². The SMILES string of the molecule is CNc1ccc(C(=O)N2CCCC(C)(OC)C2)cc1C. The van der Waals surface area contributed by atoms with Gasteiger partial charge in [0.25, 0.3) is 5.91 Å². The lowest BCUT2D eigenvalue weighted by Gasteiger charge is -2.39. The first-order valence-corrected chi connectivity index (χ1v) is 7.12. The fourth-order valence-electron chi connectivity index (χ4n) is 2.81. The molecule has 0 aromatic heterocycles. The Morgan fingerprint density at radius 3 is 2.80 bits per heavy atom. The van der Waals surface area contributed by atoms with Crippen LogP contribution in [0.5, 0.6) is 0 Å². The van der Waals surface area contributed by atoms with Gasteiger partial charge in [0.15, 0.2) is 0 Å². The Hall–Kier alpha value is -1.55. The Labute approximate surface area is 121 Å². The van der Waals surface area contributed by atoms with E-state index in [1.54, 1.807) is 7.11 Å². The lowest BCUT2D eigenvalue weighted by Crippen LogP contribution is -2.49. The summed E-state index contributed by atoms with van der Waals surface area (Å²) in [5, 5.41) is 3.12. The molecule has 1 N–H and O–H groups in total. The van der Waals surface area contributed by atoms with Gasteiger partial charge in [0.05, 0.1) is 5.60 Å². The molecule has 1 aromatic carbocycles. The third-order valence-electron chi connectivity index (χ3n) is 4.18. The molecule has 1 aliphatic rings. The average Bonchev–Trinajstić information content (AvgIpc) is 2.46. The second kappa shape index (κ2) is 5.83. The molecule has 0 aliphatic carbocycles. The second-order valence-corrected chi connectivity index (χ2v) is 5.76. The van der Waals surface area contributed by atoms with Gasteiger partial charge in [-0.05, 0) is 50.5 Å². The van der Waals surface area contributed by atoms with Crippen LogP contribution >= 0.6 is 0 Å². The van der Waals surface area contributed by atoms with Crippen molar-refractivity contribution in [1.29, 1.82) is 0 Å². The minimum Gasteiger partial charge on any atom is -0.388 e. The Morgan fingerprint density at radius 2 is 2.20 bits per heavy atom. The van der Waals surface area contributed by atoms with Gasteiger partial charge in [-0.15, -0.1) is 0 Å². The van der Waals surface area contributed by atoms with Gasteiger partial charge in [-0.3, -0.25) is 4.79 Å². The smallest absolute Gasteiger partial charge is 0.253 e. The normalized spacial score (nSPS) is 22.7. The summed E-state index contributed by atoms with van der Waals surface area (Å²) in [7, 11) is 3.61. The zero-order chi connectivity index (χ0) is 14.8. The molecule has 1 saturated heterocycles. The third-order valence-corrected chi connectivity index (χ3v) is 4.18. The van der Waals surface area contributed by atoms with E-state index in [0.29, 0.717) is 6.54 Å². The van der Waals surface area contributed by atoms with Crippen molar-refractivity contribution in [3.05, 3.63) is 29.3 Å². The zero-order valence-electron chi connectivity index (χ0n) is 12.8. The van der Waals surface area contributed by atoms with Gasteiger partial charge in [-0.25, -0.2) is 0 Å². The fraction of sp³-hybridized carbons (Fsp3) is 0.562. The number of methoxy groups -OCH3 is 1. The summed E-state index contributed by atoms with van der Waals surface area (Å²) in [5.74, 6) is 0.0960. The summed E-state index contributed by atoms with van der Waals surface area (Å²) in [4.78, 5) is 14.5. The number of carbonyl (C=O) groups excluding carboxylic acids is 1. The number of anilines is 1. The van der Waals surface area contributed by atoms with Crippen LogP contribution in [0.3, 0.4) is 0 Å². The minimum absolute atomic E-state index is 0.0960. The molecule has 1 atom stereocenters. The average molecular weight is 276 g/mol. The Balaban J connectivity index is 2.17. The van der Waals surface area contributed by atoms with Crippen molar-refractivity contribution in [3.63, 3.8) is 0 Å². The molecule has 0 spiro atoms. The molecule has 4 heteroatoms. The molecule has 1 aromatic rings. The number of rotatable bonds is 3. The Morgan fingerprint density at radius 1 is 1.45 bits per heavy atom. The quantitative estimate of drug-likeness (QED) is 0.923. The maximum atomic E-state index is 12.6. The van der Waals surface area contributed by atoms with Crippen molar-refractivity contribution in [2.75, 3.05) is 32.6 Å². The molecule has 1 aliphatic heterocycles. The van der Waals surface area contributed by atoms with Gasteiger partial charge in [-0.1, -0.05) is 0 Å². The Bertz CT molecular complexity index is 501. The number of benzene rings is 1. The highest BCUT2D eigenvalue weighted by molar-refractivity contribution is 5.95. The maximum Gasteiger partial charge on any atom is 0.253 e. The van der Waals surface area contributed by atoms with Gasteiger partial charge in [0.1, 0.15) is 0 Å². The number of piperidine rings is 1. The predicted molar refractivity (Wildman–Crippen MR) is 81.3 cm³/mol. The van der Waals surface area contributed by atoms with Gasteiger partial charge < -0.3 is 15.0 Å². The standard InChI is InChI=1S/C16H24N2O2/c1-12-10-13(6-7-14(12)17-3)15(19)18-9-5-8-16(2,11-18)20-4/h6-7,10,17H,5,8-9,11H2,1-4H3. The largest absolute Gasteiger partial charge is 0.388 e. The van der Waals surface area contributed by atoms with E-state index < -0.39 is 0 Å². The van der Waals surface area contributed by atoms with Crippen LogP contribution in [0.25, 0.3) is 0 Å². The molecule has 0 saturated carbocycles. The number of nitrogens with zero attached hydrogens (tertiary/aromatic N) is 1. The monoisotopic (exact) mass is 276 g/mol.